The van der Waals surface area contributed by atoms with Gasteiger partial charge >= 0.3 is 0 Å². The summed E-state index contributed by atoms with van der Waals surface area (Å²) in [5.74, 6) is 1.40. The fraction of sp³-hybridized carbons (Fsp3) is 0.667. The number of hydrogen-bond donors (Lipinski definition) is 1. The highest BCUT2D eigenvalue weighted by Gasteiger charge is 2.34. The second-order valence-electron chi connectivity index (χ2n) is 5.50. The van der Waals surface area contributed by atoms with Crippen LogP contribution in [0.4, 0.5) is 0 Å². The lowest BCUT2D eigenvalue weighted by Crippen LogP contribution is -2.29. The van der Waals surface area contributed by atoms with Gasteiger partial charge in [0.25, 0.3) is 0 Å². The van der Waals surface area contributed by atoms with Crippen LogP contribution < -0.4 is 10.1 Å². The number of rotatable bonds is 7. The van der Waals surface area contributed by atoms with E-state index in [1.54, 1.807) is 12.4 Å². The largest absolute Gasteiger partial charge is 0.492 e. The molecule has 1 aliphatic rings. The van der Waals surface area contributed by atoms with Crippen molar-refractivity contribution >= 4 is 9.84 Å². The second kappa shape index (κ2) is 7.22. The van der Waals surface area contributed by atoms with Crippen molar-refractivity contribution in [2.75, 3.05) is 24.7 Å². The first-order valence-corrected chi connectivity index (χ1v) is 9.39. The molecule has 1 aromatic heterocycles. The van der Waals surface area contributed by atoms with E-state index < -0.39 is 9.84 Å². The van der Waals surface area contributed by atoms with Gasteiger partial charge in [-0.2, -0.15) is 0 Å². The SMILES string of the molecule is CCCOc1cncc(C(NCC)C2CCS(=O)(=O)C2)c1. The molecule has 21 heavy (non-hydrogen) atoms. The monoisotopic (exact) mass is 312 g/mol. The smallest absolute Gasteiger partial charge is 0.150 e. The number of nitrogens with zero attached hydrogens (tertiary/aromatic N) is 1. The van der Waals surface area contributed by atoms with Crippen LogP contribution in [-0.4, -0.2) is 38.1 Å². The summed E-state index contributed by atoms with van der Waals surface area (Å²) in [5, 5.41) is 3.40. The van der Waals surface area contributed by atoms with Gasteiger partial charge in [0.05, 0.1) is 24.3 Å². The van der Waals surface area contributed by atoms with Crippen molar-refractivity contribution < 1.29 is 13.2 Å². The summed E-state index contributed by atoms with van der Waals surface area (Å²) in [6.45, 7) is 5.54. The predicted octanol–water partition coefficient (Wildman–Crippen LogP) is 1.96. The fourth-order valence-electron chi connectivity index (χ4n) is 2.77. The molecule has 2 rings (SSSR count). The Morgan fingerprint density at radius 2 is 2.24 bits per heavy atom. The Morgan fingerprint density at radius 1 is 1.43 bits per heavy atom. The Hall–Kier alpha value is -1.14. The van der Waals surface area contributed by atoms with Crippen LogP contribution in [0.2, 0.25) is 0 Å². The molecule has 1 aliphatic heterocycles. The lowest BCUT2D eigenvalue weighted by atomic mass is 9.93. The summed E-state index contributed by atoms with van der Waals surface area (Å²) < 4.78 is 29.1. The van der Waals surface area contributed by atoms with Crippen molar-refractivity contribution in [3.8, 4) is 5.75 Å². The zero-order valence-corrected chi connectivity index (χ0v) is 13.5. The summed E-state index contributed by atoms with van der Waals surface area (Å²) >= 11 is 0. The Kier molecular flexibility index (Phi) is 5.58. The molecule has 2 heterocycles. The van der Waals surface area contributed by atoms with Crippen molar-refractivity contribution in [2.24, 2.45) is 5.92 Å². The van der Waals surface area contributed by atoms with E-state index in [0.29, 0.717) is 18.8 Å². The van der Waals surface area contributed by atoms with E-state index >= 15 is 0 Å². The molecular formula is C15H24N2O3S. The zero-order valence-electron chi connectivity index (χ0n) is 12.7. The molecule has 1 N–H and O–H groups in total. The Balaban J connectivity index is 2.18. The van der Waals surface area contributed by atoms with Crippen molar-refractivity contribution in [3.63, 3.8) is 0 Å². The van der Waals surface area contributed by atoms with Gasteiger partial charge in [-0.15, -0.1) is 0 Å². The zero-order chi connectivity index (χ0) is 15.3. The van der Waals surface area contributed by atoms with Crippen molar-refractivity contribution in [1.29, 1.82) is 0 Å². The number of hydrogen-bond acceptors (Lipinski definition) is 5. The molecule has 1 aromatic rings. The summed E-state index contributed by atoms with van der Waals surface area (Å²) in [7, 11) is -2.88. The number of pyridine rings is 1. The summed E-state index contributed by atoms with van der Waals surface area (Å²) in [6, 6.07) is 1.99. The highest BCUT2D eigenvalue weighted by molar-refractivity contribution is 7.91. The normalized spacial score (nSPS) is 22.1. The van der Waals surface area contributed by atoms with Crippen LogP contribution in [0.5, 0.6) is 5.75 Å². The Labute approximate surface area is 127 Å². The minimum Gasteiger partial charge on any atom is -0.492 e. The van der Waals surface area contributed by atoms with Gasteiger partial charge < -0.3 is 10.1 Å². The van der Waals surface area contributed by atoms with Crippen LogP contribution in [0.25, 0.3) is 0 Å². The maximum Gasteiger partial charge on any atom is 0.150 e. The standard InChI is InChI=1S/C15H24N2O3S/c1-3-6-20-14-8-13(9-16-10-14)15(17-4-2)12-5-7-21(18,19)11-12/h8-10,12,15,17H,3-7,11H2,1-2H3. The molecule has 2 atom stereocenters. The lowest BCUT2D eigenvalue weighted by Gasteiger charge is -2.24. The second-order valence-corrected chi connectivity index (χ2v) is 7.73. The molecule has 1 saturated heterocycles. The van der Waals surface area contributed by atoms with Crippen LogP contribution >= 0.6 is 0 Å². The van der Waals surface area contributed by atoms with Gasteiger partial charge in [0.2, 0.25) is 0 Å². The number of sulfone groups is 1. The van der Waals surface area contributed by atoms with Gasteiger partial charge in [-0.25, -0.2) is 8.42 Å². The molecular weight excluding hydrogens is 288 g/mol. The third kappa shape index (κ3) is 4.41. The minimum atomic E-state index is -2.88. The highest BCUT2D eigenvalue weighted by Crippen LogP contribution is 2.32. The number of ether oxygens (including phenoxy) is 1. The third-order valence-electron chi connectivity index (χ3n) is 3.73. The van der Waals surface area contributed by atoms with Crippen molar-refractivity contribution in [1.82, 2.24) is 10.3 Å². The van der Waals surface area contributed by atoms with Gasteiger partial charge in [-0.1, -0.05) is 13.8 Å². The predicted molar refractivity (Wildman–Crippen MR) is 83.2 cm³/mol. The summed E-state index contributed by atoms with van der Waals surface area (Å²) in [5.41, 5.74) is 1.01. The molecule has 0 bridgehead atoms. The van der Waals surface area contributed by atoms with Gasteiger partial charge in [-0.3, -0.25) is 4.98 Å². The van der Waals surface area contributed by atoms with Gasteiger partial charge in [0.15, 0.2) is 9.84 Å². The minimum absolute atomic E-state index is 0.0185. The first-order chi connectivity index (χ1) is 10.1. The molecule has 0 amide bonds. The van der Waals surface area contributed by atoms with Gasteiger partial charge in [-0.05, 0) is 36.9 Å². The molecule has 0 aromatic carbocycles. The van der Waals surface area contributed by atoms with E-state index in [1.165, 1.54) is 0 Å². The van der Waals surface area contributed by atoms with Crippen molar-refractivity contribution in [2.45, 2.75) is 32.7 Å². The Morgan fingerprint density at radius 3 is 2.86 bits per heavy atom. The maximum atomic E-state index is 11.7. The quantitative estimate of drug-likeness (QED) is 0.833. The Bertz CT molecular complexity index is 560. The fourth-order valence-corrected chi connectivity index (χ4v) is 4.61. The molecule has 6 heteroatoms. The topological polar surface area (TPSA) is 68.3 Å². The molecule has 2 unspecified atom stereocenters. The van der Waals surface area contributed by atoms with Gasteiger partial charge in [0.1, 0.15) is 5.75 Å². The third-order valence-corrected chi connectivity index (χ3v) is 5.52. The maximum absolute atomic E-state index is 11.7. The molecule has 1 fully saturated rings. The van der Waals surface area contributed by atoms with Crippen LogP contribution in [0.3, 0.4) is 0 Å². The average Bonchev–Trinajstić information content (AvgIpc) is 2.82. The average molecular weight is 312 g/mol. The lowest BCUT2D eigenvalue weighted by molar-refractivity contribution is 0.314. The van der Waals surface area contributed by atoms with E-state index in [-0.39, 0.29) is 17.7 Å². The van der Waals surface area contributed by atoms with E-state index in [0.717, 1.165) is 24.3 Å². The van der Waals surface area contributed by atoms with E-state index in [1.807, 2.05) is 13.0 Å². The van der Waals surface area contributed by atoms with E-state index in [4.69, 9.17) is 4.74 Å². The van der Waals surface area contributed by atoms with Crippen LogP contribution in [0, 0.1) is 5.92 Å². The van der Waals surface area contributed by atoms with E-state index in [9.17, 15) is 8.42 Å². The first kappa shape index (κ1) is 16.2. The molecule has 0 spiro atoms. The number of nitrogens with one attached hydrogen (secondary N) is 1. The molecule has 5 nitrogen and oxygen atoms in total. The van der Waals surface area contributed by atoms with Crippen molar-refractivity contribution in [3.05, 3.63) is 24.0 Å². The molecule has 0 saturated carbocycles. The molecule has 118 valence electrons. The first-order valence-electron chi connectivity index (χ1n) is 7.57. The number of aromatic nitrogens is 1. The van der Waals surface area contributed by atoms with Gasteiger partial charge in [0, 0.05) is 12.2 Å². The molecule has 0 aliphatic carbocycles. The van der Waals surface area contributed by atoms with Crippen LogP contribution in [0.15, 0.2) is 18.5 Å². The van der Waals surface area contributed by atoms with Crippen LogP contribution in [-0.2, 0) is 9.84 Å². The summed E-state index contributed by atoms with van der Waals surface area (Å²) in [6.07, 6.45) is 5.16. The molecule has 0 radical (unpaired) electrons. The highest BCUT2D eigenvalue weighted by atomic mass is 32.2. The van der Waals surface area contributed by atoms with Crippen LogP contribution in [0.1, 0.15) is 38.3 Å². The summed E-state index contributed by atoms with van der Waals surface area (Å²) in [4.78, 5) is 4.23. The van der Waals surface area contributed by atoms with E-state index in [2.05, 4.69) is 17.2 Å².